The fraction of sp³-hybridized carbons (Fsp3) is 0.600. The zero-order valence-corrected chi connectivity index (χ0v) is 12.2. The average molecular weight is 265 g/mol. The second-order valence-corrected chi connectivity index (χ2v) is 5.81. The minimum Gasteiger partial charge on any atom is -0.496 e. The molecule has 0 aromatic heterocycles. The third-order valence-electron chi connectivity index (χ3n) is 3.99. The first-order valence-electron chi connectivity index (χ1n) is 6.60. The summed E-state index contributed by atoms with van der Waals surface area (Å²) in [4.78, 5) is 2.40. The number of ether oxygens (including phenoxy) is 1. The van der Waals surface area contributed by atoms with Gasteiger partial charge in [-0.15, -0.1) is 0 Å². The van der Waals surface area contributed by atoms with Crippen molar-refractivity contribution in [2.75, 3.05) is 26.5 Å². The van der Waals surface area contributed by atoms with Gasteiger partial charge in [0.05, 0.1) is 7.11 Å². The second kappa shape index (κ2) is 5.98. The maximum atomic E-state index is 5.40. The van der Waals surface area contributed by atoms with E-state index in [1.807, 2.05) is 12.1 Å². The summed E-state index contributed by atoms with van der Waals surface area (Å²) in [5.41, 5.74) is 1.72. The minimum absolute atomic E-state index is 0.458. The van der Waals surface area contributed by atoms with E-state index in [1.54, 1.807) is 7.11 Å². The van der Waals surface area contributed by atoms with E-state index in [0.29, 0.717) is 5.41 Å². The number of rotatable bonds is 6. The van der Waals surface area contributed by atoms with Gasteiger partial charge in [-0.2, -0.15) is 12.6 Å². The van der Waals surface area contributed by atoms with Gasteiger partial charge in [-0.05, 0) is 37.1 Å². The highest BCUT2D eigenvalue weighted by Gasteiger charge is 2.36. The first-order valence-corrected chi connectivity index (χ1v) is 7.24. The lowest BCUT2D eigenvalue weighted by Crippen LogP contribution is -2.42. The molecule has 100 valence electrons. The molecule has 0 radical (unpaired) electrons. The van der Waals surface area contributed by atoms with Gasteiger partial charge in [0, 0.05) is 18.7 Å². The van der Waals surface area contributed by atoms with Crippen molar-refractivity contribution in [3.63, 3.8) is 0 Å². The zero-order valence-electron chi connectivity index (χ0n) is 11.4. The predicted octanol–water partition coefficient (Wildman–Crippen LogP) is 3.23. The molecule has 2 nitrogen and oxygen atoms in total. The van der Waals surface area contributed by atoms with Crippen molar-refractivity contribution >= 4 is 12.6 Å². The van der Waals surface area contributed by atoms with E-state index in [0.717, 1.165) is 24.6 Å². The molecule has 0 spiro atoms. The van der Waals surface area contributed by atoms with Gasteiger partial charge in [0.1, 0.15) is 5.75 Å². The summed E-state index contributed by atoms with van der Waals surface area (Å²) < 4.78 is 5.40. The normalized spacial score (nSPS) is 17.6. The molecule has 1 aliphatic carbocycles. The van der Waals surface area contributed by atoms with E-state index in [9.17, 15) is 0 Å². The van der Waals surface area contributed by atoms with Crippen molar-refractivity contribution in [1.29, 1.82) is 0 Å². The van der Waals surface area contributed by atoms with Crippen molar-refractivity contribution in [2.45, 2.75) is 25.8 Å². The minimum atomic E-state index is 0.458. The Labute approximate surface area is 116 Å². The Bertz CT molecular complexity index is 384. The van der Waals surface area contributed by atoms with Crippen LogP contribution in [-0.4, -0.2) is 31.4 Å². The third-order valence-corrected chi connectivity index (χ3v) is 4.66. The number of hydrogen-bond acceptors (Lipinski definition) is 3. The Morgan fingerprint density at radius 3 is 2.61 bits per heavy atom. The highest BCUT2D eigenvalue weighted by atomic mass is 32.1. The van der Waals surface area contributed by atoms with Crippen LogP contribution < -0.4 is 4.74 Å². The molecular formula is C15H23NOS. The van der Waals surface area contributed by atoms with Crippen LogP contribution in [-0.2, 0) is 6.54 Å². The fourth-order valence-corrected chi connectivity index (χ4v) is 3.21. The SMILES string of the molecule is COc1ccccc1CN(C)CC1(CS)CCC1. The second-order valence-electron chi connectivity index (χ2n) is 5.50. The molecule has 0 unspecified atom stereocenters. The van der Waals surface area contributed by atoms with Gasteiger partial charge >= 0.3 is 0 Å². The summed E-state index contributed by atoms with van der Waals surface area (Å²) in [6, 6.07) is 8.26. The summed E-state index contributed by atoms with van der Waals surface area (Å²) in [7, 11) is 3.93. The lowest BCUT2D eigenvalue weighted by Gasteiger charge is -2.43. The molecule has 1 aromatic rings. The quantitative estimate of drug-likeness (QED) is 0.793. The largest absolute Gasteiger partial charge is 0.496 e. The monoisotopic (exact) mass is 265 g/mol. The molecule has 0 heterocycles. The van der Waals surface area contributed by atoms with Crippen LogP contribution in [0.2, 0.25) is 0 Å². The van der Waals surface area contributed by atoms with Gasteiger partial charge in [-0.1, -0.05) is 24.6 Å². The summed E-state index contributed by atoms with van der Waals surface area (Å²) in [6.45, 7) is 2.08. The molecule has 1 fully saturated rings. The summed E-state index contributed by atoms with van der Waals surface area (Å²) >= 11 is 4.52. The predicted molar refractivity (Wildman–Crippen MR) is 79.5 cm³/mol. The molecule has 1 aromatic carbocycles. The van der Waals surface area contributed by atoms with Crippen LogP contribution in [0.5, 0.6) is 5.75 Å². The van der Waals surface area contributed by atoms with Crippen LogP contribution in [0.15, 0.2) is 24.3 Å². The molecule has 2 rings (SSSR count). The Morgan fingerprint density at radius 2 is 2.06 bits per heavy atom. The number of hydrogen-bond donors (Lipinski definition) is 1. The number of benzene rings is 1. The van der Waals surface area contributed by atoms with Crippen LogP contribution in [0.3, 0.4) is 0 Å². The van der Waals surface area contributed by atoms with E-state index < -0.39 is 0 Å². The number of para-hydroxylation sites is 1. The molecular weight excluding hydrogens is 242 g/mol. The van der Waals surface area contributed by atoms with Crippen LogP contribution in [0.4, 0.5) is 0 Å². The Morgan fingerprint density at radius 1 is 1.33 bits per heavy atom. The molecule has 0 saturated heterocycles. The molecule has 0 amide bonds. The van der Waals surface area contributed by atoms with Crippen molar-refractivity contribution in [3.05, 3.63) is 29.8 Å². The van der Waals surface area contributed by atoms with Gasteiger partial charge in [0.2, 0.25) is 0 Å². The van der Waals surface area contributed by atoms with E-state index in [1.165, 1.54) is 24.8 Å². The average Bonchev–Trinajstić information content (AvgIpc) is 2.34. The van der Waals surface area contributed by atoms with Crippen LogP contribution in [0.1, 0.15) is 24.8 Å². The third kappa shape index (κ3) is 3.01. The Kier molecular flexibility index (Phi) is 4.57. The zero-order chi connectivity index (χ0) is 13.0. The van der Waals surface area contributed by atoms with Crippen LogP contribution >= 0.6 is 12.6 Å². The smallest absolute Gasteiger partial charge is 0.123 e. The van der Waals surface area contributed by atoms with Crippen molar-refractivity contribution < 1.29 is 4.74 Å². The first kappa shape index (κ1) is 13.8. The summed E-state index contributed by atoms with van der Waals surface area (Å²) in [6.07, 6.45) is 4.02. The molecule has 0 aliphatic heterocycles. The maximum absolute atomic E-state index is 5.40. The lowest BCUT2D eigenvalue weighted by atomic mass is 9.70. The van der Waals surface area contributed by atoms with Gasteiger partial charge in [-0.25, -0.2) is 0 Å². The molecule has 3 heteroatoms. The number of nitrogens with zero attached hydrogens (tertiary/aromatic N) is 1. The van der Waals surface area contributed by atoms with Gasteiger partial charge in [0.15, 0.2) is 0 Å². The maximum Gasteiger partial charge on any atom is 0.123 e. The highest BCUT2D eigenvalue weighted by Crippen LogP contribution is 2.42. The fourth-order valence-electron chi connectivity index (χ4n) is 2.80. The Hall–Kier alpha value is -0.670. The molecule has 1 aliphatic rings. The van der Waals surface area contributed by atoms with E-state index >= 15 is 0 Å². The Balaban J connectivity index is 1.96. The van der Waals surface area contributed by atoms with Gasteiger partial charge < -0.3 is 9.64 Å². The van der Waals surface area contributed by atoms with Crippen LogP contribution in [0.25, 0.3) is 0 Å². The standard InChI is InChI=1S/C15H23NOS/c1-16(11-15(12-18)8-5-9-15)10-13-6-3-4-7-14(13)17-2/h3-4,6-7,18H,5,8-12H2,1-2H3. The number of methoxy groups -OCH3 is 1. The van der Waals surface area contributed by atoms with Gasteiger partial charge in [-0.3, -0.25) is 0 Å². The van der Waals surface area contributed by atoms with E-state index in [2.05, 4.69) is 36.7 Å². The molecule has 0 bridgehead atoms. The van der Waals surface area contributed by atoms with E-state index in [4.69, 9.17) is 4.74 Å². The van der Waals surface area contributed by atoms with Crippen molar-refractivity contribution in [3.8, 4) is 5.75 Å². The van der Waals surface area contributed by atoms with Crippen LogP contribution in [0, 0.1) is 5.41 Å². The summed E-state index contributed by atoms with van der Waals surface area (Å²) in [5.74, 6) is 1.99. The summed E-state index contributed by atoms with van der Waals surface area (Å²) in [5, 5.41) is 0. The highest BCUT2D eigenvalue weighted by molar-refractivity contribution is 7.80. The molecule has 18 heavy (non-hydrogen) atoms. The topological polar surface area (TPSA) is 12.5 Å². The molecule has 0 N–H and O–H groups in total. The number of thiol groups is 1. The molecule has 1 saturated carbocycles. The van der Waals surface area contributed by atoms with Crippen molar-refractivity contribution in [1.82, 2.24) is 4.90 Å². The lowest BCUT2D eigenvalue weighted by molar-refractivity contribution is 0.101. The first-order chi connectivity index (χ1) is 8.69. The van der Waals surface area contributed by atoms with Gasteiger partial charge in [0.25, 0.3) is 0 Å². The van der Waals surface area contributed by atoms with E-state index in [-0.39, 0.29) is 0 Å². The molecule has 0 atom stereocenters. The van der Waals surface area contributed by atoms with Crippen molar-refractivity contribution in [2.24, 2.45) is 5.41 Å².